The fourth-order valence-electron chi connectivity index (χ4n) is 6.47. The SMILES string of the molecule is COC(=O)N[C@H](C(=O)N1C[C@@H](C)C[C@H]1c1ncc(-c2ccc(C#Cc3ccc(-c4cnc([C@@H]5C[C@H](C)CN5)[nH]4)cc3)cc2)[nH]1)C(C)C. The van der Waals surface area contributed by atoms with Crippen LogP contribution in [0.15, 0.2) is 60.9 Å². The van der Waals surface area contributed by atoms with Crippen molar-refractivity contribution in [3.63, 3.8) is 0 Å². The molecule has 2 aromatic carbocycles. The number of carbonyl (C=O) groups excluding carboxylic acids is 2. The Morgan fingerprint density at radius 2 is 1.45 bits per heavy atom. The molecule has 10 nitrogen and oxygen atoms in total. The largest absolute Gasteiger partial charge is 0.453 e. The number of aromatic amines is 2. The number of imidazole rings is 2. The predicted molar refractivity (Wildman–Crippen MR) is 181 cm³/mol. The van der Waals surface area contributed by atoms with Crippen LogP contribution in [0.3, 0.4) is 0 Å². The van der Waals surface area contributed by atoms with Crippen LogP contribution in [0.25, 0.3) is 22.5 Å². The van der Waals surface area contributed by atoms with Gasteiger partial charge in [0.2, 0.25) is 5.91 Å². The Bertz CT molecular complexity index is 1760. The molecule has 47 heavy (non-hydrogen) atoms. The molecular weight excluding hydrogens is 590 g/mol. The first-order chi connectivity index (χ1) is 22.7. The van der Waals surface area contributed by atoms with Crippen molar-refractivity contribution in [3.8, 4) is 34.4 Å². The number of nitrogens with zero attached hydrogens (tertiary/aromatic N) is 3. The van der Waals surface area contributed by atoms with Gasteiger partial charge in [0.15, 0.2) is 0 Å². The number of benzene rings is 2. The van der Waals surface area contributed by atoms with Gasteiger partial charge in [-0.15, -0.1) is 0 Å². The Labute approximate surface area is 276 Å². The Hall–Kier alpha value is -4.88. The minimum Gasteiger partial charge on any atom is -0.453 e. The molecule has 2 fully saturated rings. The van der Waals surface area contributed by atoms with Crippen LogP contribution >= 0.6 is 0 Å². The maximum absolute atomic E-state index is 13.6. The fraction of sp³-hybridized carbons (Fsp3) is 0.405. The number of nitrogens with one attached hydrogen (secondary N) is 4. The summed E-state index contributed by atoms with van der Waals surface area (Å²) in [7, 11) is 1.30. The Morgan fingerprint density at radius 1 is 0.872 bits per heavy atom. The summed E-state index contributed by atoms with van der Waals surface area (Å²) in [4.78, 5) is 43.6. The molecule has 2 aromatic heterocycles. The summed E-state index contributed by atoms with van der Waals surface area (Å²) in [5.41, 5.74) is 5.80. The Morgan fingerprint density at radius 3 is 1.98 bits per heavy atom. The lowest BCUT2D eigenvalue weighted by Gasteiger charge is -2.30. The number of H-pyrrole nitrogens is 2. The van der Waals surface area contributed by atoms with Crippen LogP contribution in [0.1, 0.15) is 75.4 Å². The lowest BCUT2D eigenvalue weighted by molar-refractivity contribution is -0.135. The molecule has 0 saturated carbocycles. The average molecular weight is 634 g/mol. The van der Waals surface area contributed by atoms with Gasteiger partial charge in [-0.1, -0.05) is 63.8 Å². The molecule has 0 radical (unpaired) electrons. The van der Waals surface area contributed by atoms with Crippen molar-refractivity contribution in [3.05, 3.63) is 83.7 Å². The molecule has 2 aliphatic heterocycles. The van der Waals surface area contributed by atoms with Gasteiger partial charge in [-0.25, -0.2) is 14.8 Å². The molecule has 0 unspecified atom stereocenters. The zero-order valence-electron chi connectivity index (χ0n) is 27.6. The van der Waals surface area contributed by atoms with Gasteiger partial charge in [-0.05, 0) is 72.5 Å². The number of alkyl carbamates (subject to hydrolysis) is 1. The molecule has 244 valence electrons. The summed E-state index contributed by atoms with van der Waals surface area (Å²) in [6.45, 7) is 9.84. The van der Waals surface area contributed by atoms with Crippen molar-refractivity contribution in [1.82, 2.24) is 35.5 Å². The van der Waals surface area contributed by atoms with E-state index in [-0.39, 0.29) is 17.9 Å². The number of aromatic nitrogens is 4. The third-order valence-corrected chi connectivity index (χ3v) is 9.12. The molecule has 2 aliphatic rings. The number of likely N-dealkylation sites (tertiary alicyclic amines) is 1. The van der Waals surface area contributed by atoms with Crippen LogP contribution in [0, 0.1) is 29.6 Å². The lowest BCUT2D eigenvalue weighted by Crippen LogP contribution is -2.51. The van der Waals surface area contributed by atoms with Crippen molar-refractivity contribution < 1.29 is 14.3 Å². The van der Waals surface area contributed by atoms with Crippen LogP contribution in [0.4, 0.5) is 4.79 Å². The van der Waals surface area contributed by atoms with E-state index in [0.717, 1.165) is 64.7 Å². The van der Waals surface area contributed by atoms with Gasteiger partial charge >= 0.3 is 6.09 Å². The highest BCUT2D eigenvalue weighted by atomic mass is 16.5. The van der Waals surface area contributed by atoms with Crippen molar-refractivity contribution in [2.45, 2.75) is 58.7 Å². The molecule has 4 aromatic rings. The molecule has 0 bridgehead atoms. The number of rotatable bonds is 7. The molecule has 2 saturated heterocycles. The van der Waals surface area contributed by atoms with Gasteiger partial charge in [0, 0.05) is 17.7 Å². The van der Waals surface area contributed by atoms with E-state index < -0.39 is 12.1 Å². The molecule has 10 heteroatoms. The first-order valence-corrected chi connectivity index (χ1v) is 16.4. The first-order valence-electron chi connectivity index (χ1n) is 16.4. The van der Waals surface area contributed by atoms with Gasteiger partial charge in [-0.3, -0.25) is 4.79 Å². The van der Waals surface area contributed by atoms with Gasteiger partial charge in [-0.2, -0.15) is 0 Å². The van der Waals surface area contributed by atoms with Crippen molar-refractivity contribution >= 4 is 12.0 Å². The van der Waals surface area contributed by atoms with Crippen LogP contribution in [-0.4, -0.2) is 63.1 Å². The van der Waals surface area contributed by atoms with E-state index in [9.17, 15) is 9.59 Å². The zero-order valence-corrected chi connectivity index (χ0v) is 27.6. The van der Waals surface area contributed by atoms with Gasteiger partial charge in [0.25, 0.3) is 0 Å². The second kappa shape index (κ2) is 13.9. The summed E-state index contributed by atoms with van der Waals surface area (Å²) < 4.78 is 4.76. The highest BCUT2D eigenvalue weighted by Gasteiger charge is 2.40. The van der Waals surface area contributed by atoms with Crippen LogP contribution in [0.2, 0.25) is 0 Å². The van der Waals surface area contributed by atoms with E-state index in [1.807, 2.05) is 67.5 Å². The van der Waals surface area contributed by atoms with E-state index in [0.29, 0.717) is 24.4 Å². The summed E-state index contributed by atoms with van der Waals surface area (Å²) >= 11 is 0. The smallest absolute Gasteiger partial charge is 0.407 e. The van der Waals surface area contributed by atoms with E-state index in [2.05, 4.69) is 68.4 Å². The summed E-state index contributed by atoms with van der Waals surface area (Å²) in [6, 6.07) is 15.7. The molecule has 0 spiro atoms. The number of hydrogen-bond acceptors (Lipinski definition) is 6. The summed E-state index contributed by atoms with van der Waals surface area (Å²) in [5.74, 6) is 9.02. The quantitative estimate of drug-likeness (QED) is 0.190. The molecule has 5 atom stereocenters. The van der Waals surface area contributed by atoms with Gasteiger partial charge in [0.05, 0.1) is 43.0 Å². The highest BCUT2D eigenvalue weighted by Crippen LogP contribution is 2.36. The van der Waals surface area contributed by atoms with Crippen molar-refractivity contribution in [2.24, 2.45) is 17.8 Å². The average Bonchev–Trinajstić information content (AvgIpc) is 3.89. The highest BCUT2D eigenvalue weighted by molar-refractivity contribution is 5.86. The van der Waals surface area contributed by atoms with E-state index in [1.54, 1.807) is 0 Å². The van der Waals surface area contributed by atoms with E-state index in [1.165, 1.54) is 7.11 Å². The van der Waals surface area contributed by atoms with Crippen molar-refractivity contribution in [1.29, 1.82) is 0 Å². The Balaban J connectivity index is 1.10. The molecule has 4 heterocycles. The summed E-state index contributed by atoms with van der Waals surface area (Å²) in [5, 5.41) is 6.24. The minimum absolute atomic E-state index is 0.0927. The second-order valence-corrected chi connectivity index (χ2v) is 13.3. The van der Waals surface area contributed by atoms with E-state index >= 15 is 0 Å². The molecule has 2 amide bonds. The van der Waals surface area contributed by atoms with Gasteiger partial charge < -0.3 is 30.2 Å². The molecule has 0 aliphatic carbocycles. The third-order valence-electron chi connectivity index (χ3n) is 9.12. The van der Waals surface area contributed by atoms with Crippen LogP contribution < -0.4 is 10.6 Å². The maximum Gasteiger partial charge on any atom is 0.407 e. The topological polar surface area (TPSA) is 128 Å². The molecule has 6 rings (SSSR count). The molecular formula is C37H43N7O3. The number of amides is 2. The standard InChI is InChI=1S/C37H43N7O3/c1-22(2)33(43-37(46)47-5)36(45)44-21-24(4)17-32(44)35-40-20-31(42-35)28-14-10-26(11-15-28)7-6-25-8-12-27(13-9-25)30-19-39-34(41-30)29-16-23(3)18-38-29/h8-15,19-20,22-24,29,32-33,38H,16-18,21H2,1-5H3,(H,39,41)(H,40,42)(H,43,46)/t23-,24-,29-,32-,33-/m0/s1. The van der Waals surface area contributed by atoms with Crippen LogP contribution in [-0.2, 0) is 9.53 Å². The normalized spacial score (nSPS) is 21.4. The number of hydrogen-bond donors (Lipinski definition) is 4. The third kappa shape index (κ3) is 7.26. The monoisotopic (exact) mass is 633 g/mol. The predicted octanol–water partition coefficient (Wildman–Crippen LogP) is 5.83. The minimum atomic E-state index is -0.677. The van der Waals surface area contributed by atoms with Crippen molar-refractivity contribution in [2.75, 3.05) is 20.2 Å². The maximum atomic E-state index is 13.6. The zero-order chi connectivity index (χ0) is 33.1. The Kier molecular flexibility index (Phi) is 9.45. The summed E-state index contributed by atoms with van der Waals surface area (Å²) in [6.07, 6.45) is 4.99. The van der Waals surface area contributed by atoms with Crippen LogP contribution in [0.5, 0.6) is 0 Å². The fourth-order valence-corrected chi connectivity index (χ4v) is 6.47. The van der Waals surface area contributed by atoms with E-state index in [4.69, 9.17) is 4.74 Å². The molecule has 4 N–H and O–H groups in total. The first kappa shape index (κ1) is 32.1. The number of methoxy groups -OCH3 is 1. The number of carbonyl (C=O) groups is 2. The lowest BCUT2D eigenvalue weighted by atomic mass is 10.0. The second-order valence-electron chi connectivity index (χ2n) is 13.3. The number of ether oxygens (including phenoxy) is 1. The van der Waals surface area contributed by atoms with Gasteiger partial charge in [0.1, 0.15) is 17.7 Å².